The fraction of sp³-hybridized carbons (Fsp3) is 0.118. The number of methoxy groups -OCH3 is 1. The minimum atomic E-state index is 0.596. The van der Waals surface area contributed by atoms with Gasteiger partial charge in [0.25, 0.3) is 0 Å². The van der Waals surface area contributed by atoms with Crippen molar-refractivity contribution < 1.29 is 4.74 Å². The maximum atomic E-state index is 8.92. The lowest BCUT2D eigenvalue weighted by molar-refractivity contribution is 0.416. The normalized spacial score (nSPS) is 10.3. The van der Waals surface area contributed by atoms with Gasteiger partial charge in [-0.3, -0.25) is 0 Å². The van der Waals surface area contributed by atoms with Crippen LogP contribution in [-0.4, -0.2) is 7.11 Å². The van der Waals surface area contributed by atoms with Crippen LogP contribution in [0.1, 0.15) is 11.1 Å². The molecule has 0 amide bonds. The van der Waals surface area contributed by atoms with E-state index in [0.29, 0.717) is 11.3 Å². The molecule has 0 fully saturated rings. The molecular weight excluding hydrogens is 280 g/mol. The number of hydrogen-bond donors (Lipinski definition) is 1. The molecule has 3 nitrogen and oxygen atoms in total. The molecule has 0 atom stereocenters. The van der Waals surface area contributed by atoms with Crippen molar-refractivity contribution in [3.8, 4) is 11.8 Å². The smallest absolute Gasteiger partial charge is 0.143 e. The second-order valence-corrected chi connectivity index (χ2v) is 5.55. The molecule has 4 heteroatoms. The highest BCUT2D eigenvalue weighted by Gasteiger charge is 2.07. The highest BCUT2D eigenvalue weighted by atomic mass is 32.1. The van der Waals surface area contributed by atoms with E-state index in [1.807, 2.05) is 6.07 Å². The van der Waals surface area contributed by atoms with E-state index in [2.05, 4.69) is 41.0 Å². The molecule has 0 unspecified atom stereocenters. The van der Waals surface area contributed by atoms with Crippen molar-refractivity contribution in [1.82, 2.24) is 0 Å². The number of benzene rings is 2. The summed E-state index contributed by atoms with van der Waals surface area (Å²) in [6, 6.07) is 15.9. The highest BCUT2D eigenvalue weighted by molar-refractivity contribution is 7.17. The molecule has 1 aromatic heterocycles. The SMILES string of the molecule is COc1cc(C#N)ccc1NCc1csc2ccccc12. The molecule has 0 aliphatic heterocycles. The maximum Gasteiger partial charge on any atom is 0.143 e. The van der Waals surface area contributed by atoms with Gasteiger partial charge in [-0.1, -0.05) is 18.2 Å². The molecule has 0 saturated carbocycles. The molecule has 2 aromatic carbocycles. The lowest BCUT2D eigenvalue weighted by Gasteiger charge is -2.11. The number of thiophene rings is 1. The van der Waals surface area contributed by atoms with E-state index in [4.69, 9.17) is 10.00 Å². The van der Waals surface area contributed by atoms with Crippen molar-refractivity contribution in [2.75, 3.05) is 12.4 Å². The van der Waals surface area contributed by atoms with Crippen LogP contribution in [0.15, 0.2) is 47.8 Å². The van der Waals surface area contributed by atoms with Gasteiger partial charge in [0, 0.05) is 17.3 Å². The summed E-state index contributed by atoms with van der Waals surface area (Å²) in [6.45, 7) is 0.728. The number of nitrogens with zero attached hydrogens (tertiary/aromatic N) is 1. The van der Waals surface area contributed by atoms with E-state index in [-0.39, 0.29) is 0 Å². The van der Waals surface area contributed by atoms with Gasteiger partial charge in [-0.2, -0.15) is 5.26 Å². The zero-order chi connectivity index (χ0) is 14.7. The number of hydrogen-bond acceptors (Lipinski definition) is 4. The summed E-state index contributed by atoms with van der Waals surface area (Å²) in [6.07, 6.45) is 0. The maximum absolute atomic E-state index is 8.92. The minimum Gasteiger partial charge on any atom is -0.495 e. The van der Waals surface area contributed by atoms with E-state index in [9.17, 15) is 0 Å². The van der Waals surface area contributed by atoms with Gasteiger partial charge in [0.15, 0.2) is 0 Å². The van der Waals surface area contributed by atoms with Crippen LogP contribution in [0.2, 0.25) is 0 Å². The second kappa shape index (κ2) is 5.86. The topological polar surface area (TPSA) is 45.0 Å². The van der Waals surface area contributed by atoms with Crippen molar-refractivity contribution in [3.63, 3.8) is 0 Å². The fourth-order valence-corrected chi connectivity index (χ4v) is 3.23. The van der Waals surface area contributed by atoms with Crippen LogP contribution in [0.3, 0.4) is 0 Å². The van der Waals surface area contributed by atoms with Gasteiger partial charge in [0.2, 0.25) is 0 Å². The molecule has 1 heterocycles. The molecule has 0 saturated heterocycles. The summed E-state index contributed by atoms with van der Waals surface area (Å²) in [4.78, 5) is 0. The molecule has 3 rings (SSSR count). The van der Waals surface area contributed by atoms with Gasteiger partial charge >= 0.3 is 0 Å². The van der Waals surface area contributed by atoms with Crippen LogP contribution in [0.25, 0.3) is 10.1 Å². The molecule has 0 bridgehead atoms. The highest BCUT2D eigenvalue weighted by Crippen LogP contribution is 2.29. The van der Waals surface area contributed by atoms with Crippen molar-refractivity contribution in [1.29, 1.82) is 5.26 Å². The fourth-order valence-electron chi connectivity index (χ4n) is 2.27. The Bertz CT molecular complexity index is 817. The molecule has 0 aliphatic carbocycles. The summed E-state index contributed by atoms with van der Waals surface area (Å²) in [5.41, 5.74) is 2.76. The molecule has 21 heavy (non-hydrogen) atoms. The number of anilines is 1. The molecule has 104 valence electrons. The lowest BCUT2D eigenvalue weighted by Crippen LogP contribution is -2.01. The number of ether oxygens (including phenoxy) is 1. The quantitative estimate of drug-likeness (QED) is 0.776. The average molecular weight is 294 g/mol. The lowest BCUT2D eigenvalue weighted by atomic mass is 10.1. The Labute approximate surface area is 127 Å². The van der Waals surface area contributed by atoms with Crippen LogP contribution in [0, 0.1) is 11.3 Å². The van der Waals surface area contributed by atoms with Crippen LogP contribution in [0.4, 0.5) is 5.69 Å². The summed E-state index contributed by atoms with van der Waals surface area (Å²) < 4.78 is 6.63. The summed E-state index contributed by atoms with van der Waals surface area (Å²) in [5, 5.41) is 15.8. The third kappa shape index (κ3) is 2.69. The van der Waals surface area contributed by atoms with Gasteiger partial charge in [-0.25, -0.2) is 0 Å². The molecule has 0 spiro atoms. The number of nitriles is 1. The minimum absolute atomic E-state index is 0.596. The van der Waals surface area contributed by atoms with Crippen LogP contribution in [-0.2, 0) is 6.54 Å². The zero-order valence-electron chi connectivity index (χ0n) is 11.6. The van der Waals surface area contributed by atoms with Crippen molar-refractivity contribution in [2.24, 2.45) is 0 Å². The Kier molecular flexibility index (Phi) is 3.76. The summed E-state index contributed by atoms with van der Waals surface area (Å²) in [7, 11) is 1.61. The van der Waals surface area contributed by atoms with Crippen LogP contribution >= 0.6 is 11.3 Å². The number of nitrogens with one attached hydrogen (secondary N) is 1. The van der Waals surface area contributed by atoms with E-state index >= 15 is 0 Å². The second-order valence-electron chi connectivity index (χ2n) is 4.64. The summed E-state index contributed by atoms with van der Waals surface area (Å²) in [5.74, 6) is 0.689. The standard InChI is InChI=1S/C17H14N2OS/c1-20-16-8-12(9-18)6-7-15(16)19-10-13-11-21-17-5-3-2-4-14(13)17/h2-8,11,19H,10H2,1H3. The average Bonchev–Trinajstić information content (AvgIpc) is 2.96. The first-order chi connectivity index (χ1) is 10.3. The third-order valence-electron chi connectivity index (χ3n) is 3.36. The molecular formula is C17H14N2OS. The largest absolute Gasteiger partial charge is 0.495 e. The predicted octanol–water partition coefficient (Wildman–Crippen LogP) is 4.39. The predicted molar refractivity (Wildman–Crippen MR) is 86.9 cm³/mol. The first-order valence-corrected chi connectivity index (χ1v) is 7.47. The Morgan fingerprint density at radius 2 is 2.10 bits per heavy atom. The Morgan fingerprint density at radius 3 is 2.90 bits per heavy atom. The van der Waals surface area contributed by atoms with Crippen molar-refractivity contribution in [3.05, 3.63) is 59.0 Å². The van der Waals surface area contributed by atoms with Crippen molar-refractivity contribution >= 4 is 27.1 Å². The first-order valence-electron chi connectivity index (χ1n) is 6.59. The molecule has 0 radical (unpaired) electrons. The molecule has 3 aromatic rings. The van der Waals surface area contributed by atoms with Crippen molar-refractivity contribution in [2.45, 2.75) is 6.54 Å². The van der Waals surface area contributed by atoms with Gasteiger partial charge in [-0.05, 0) is 34.5 Å². The van der Waals surface area contributed by atoms with Gasteiger partial charge in [-0.15, -0.1) is 11.3 Å². The molecule has 0 aliphatic rings. The van der Waals surface area contributed by atoms with E-state index in [1.54, 1.807) is 30.6 Å². The Balaban J connectivity index is 1.83. The van der Waals surface area contributed by atoms with Gasteiger partial charge < -0.3 is 10.1 Å². The van der Waals surface area contributed by atoms with Crippen LogP contribution in [0.5, 0.6) is 5.75 Å². The molecule has 1 N–H and O–H groups in total. The van der Waals surface area contributed by atoms with E-state index in [0.717, 1.165) is 12.2 Å². The Hall–Kier alpha value is -2.51. The van der Waals surface area contributed by atoms with Gasteiger partial charge in [0.1, 0.15) is 5.75 Å². The first kappa shape index (κ1) is 13.5. The number of rotatable bonds is 4. The zero-order valence-corrected chi connectivity index (χ0v) is 12.4. The monoisotopic (exact) mass is 294 g/mol. The number of fused-ring (bicyclic) bond motifs is 1. The third-order valence-corrected chi connectivity index (χ3v) is 4.37. The van der Waals surface area contributed by atoms with Gasteiger partial charge in [0.05, 0.1) is 24.4 Å². The Morgan fingerprint density at radius 1 is 1.24 bits per heavy atom. The van der Waals surface area contributed by atoms with E-state index < -0.39 is 0 Å². The summed E-state index contributed by atoms with van der Waals surface area (Å²) >= 11 is 1.75. The van der Waals surface area contributed by atoms with E-state index in [1.165, 1.54) is 15.6 Å². The van der Waals surface area contributed by atoms with Crippen LogP contribution < -0.4 is 10.1 Å².